The molecule has 11 nitrogen and oxygen atoms in total. The van der Waals surface area contributed by atoms with Crippen LogP contribution in [0.3, 0.4) is 0 Å². The van der Waals surface area contributed by atoms with Crippen molar-refractivity contribution in [2.75, 3.05) is 34.5 Å². The first-order chi connectivity index (χ1) is 19.4. The first-order valence-corrected chi connectivity index (χ1v) is 12.9. The van der Waals surface area contributed by atoms with E-state index >= 15 is 0 Å². The molecule has 11 heteroatoms. The van der Waals surface area contributed by atoms with E-state index < -0.39 is 5.97 Å². The smallest absolute Gasteiger partial charge is 0.331 e. The fourth-order valence-corrected chi connectivity index (χ4v) is 4.24. The second kappa shape index (κ2) is 13.5. The highest BCUT2D eigenvalue weighted by Gasteiger charge is 2.21. The molecule has 1 amide bonds. The zero-order valence-electron chi connectivity index (χ0n) is 22.8. The number of hydrogen-bond acceptors (Lipinski definition) is 8. The number of amides is 1. The van der Waals surface area contributed by atoms with Crippen LogP contribution in [0.15, 0.2) is 48.2 Å². The van der Waals surface area contributed by atoms with Gasteiger partial charge in [-0.25, -0.2) is 9.78 Å². The molecule has 0 atom stereocenters. The van der Waals surface area contributed by atoms with Gasteiger partial charge < -0.3 is 33.7 Å². The van der Waals surface area contributed by atoms with Crippen LogP contribution in [0.1, 0.15) is 36.8 Å². The van der Waals surface area contributed by atoms with E-state index in [1.54, 1.807) is 37.5 Å². The molecule has 2 heterocycles. The molecular formula is C29H33N3O8. The molecule has 2 aromatic carbocycles. The third-order valence-corrected chi connectivity index (χ3v) is 6.25. The lowest BCUT2D eigenvalue weighted by molar-refractivity contribution is -0.132. The van der Waals surface area contributed by atoms with Gasteiger partial charge in [0.05, 0.1) is 24.7 Å². The van der Waals surface area contributed by atoms with Crippen molar-refractivity contribution in [3.8, 4) is 28.7 Å². The van der Waals surface area contributed by atoms with Gasteiger partial charge in [-0.3, -0.25) is 9.36 Å². The van der Waals surface area contributed by atoms with Crippen LogP contribution in [-0.2, 0) is 27.2 Å². The van der Waals surface area contributed by atoms with Crippen molar-refractivity contribution in [2.24, 2.45) is 0 Å². The highest BCUT2D eigenvalue weighted by molar-refractivity contribution is 5.92. The van der Waals surface area contributed by atoms with Crippen molar-refractivity contribution >= 4 is 18.5 Å². The summed E-state index contributed by atoms with van der Waals surface area (Å²) >= 11 is 0. The predicted octanol–water partition coefficient (Wildman–Crippen LogP) is 4.06. The van der Waals surface area contributed by atoms with Crippen LogP contribution in [-0.4, -0.2) is 66.4 Å². The Bertz CT molecular complexity index is 1370. The minimum Gasteiger partial charge on any atom is -0.496 e. The van der Waals surface area contributed by atoms with Gasteiger partial charge in [0.2, 0.25) is 13.2 Å². The Morgan fingerprint density at radius 2 is 1.98 bits per heavy atom. The number of aromatic nitrogens is 2. The number of carboxylic acid groups (broad SMARTS) is 1. The standard InChI is InChI=1S/C29H33N3O8/c1-4-5-10-28-30-15-22(32(28)23-8-6-7-9-24(23)38-18-37-17-31(2)16-33)12-21(29(34)35)11-20-13-26-27(40-19-39-26)14-25(20)36-3/h6-9,12-16H,4-5,10-11,17-19H2,1-3H3,(H,34,35). The maximum Gasteiger partial charge on any atom is 0.331 e. The van der Waals surface area contributed by atoms with Gasteiger partial charge in [-0.05, 0) is 30.7 Å². The van der Waals surface area contributed by atoms with E-state index in [-0.39, 0.29) is 32.3 Å². The van der Waals surface area contributed by atoms with E-state index in [2.05, 4.69) is 11.9 Å². The number of unbranched alkanes of at least 4 members (excludes halogenated alkanes) is 1. The normalized spacial score (nSPS) is 12.3. The van der Waals surface area contributed by atoms with Gasteiger partial charge in [0.15, 0.2) is 18.3 Å². The zero-order chi connectivity index (χ0) is 28.5. The minimum absolute atomic E-state index is 0.0797. The monoisotopic (exact) mass is 551 g/mol. The summed E-state index contributed by atoms with van der Waals surface area (Å²) in [6.07, 6.45) is 6.59. The van der Waals surface area contributed by atoms with Gasteiger partial charge in [0, 0.05) is 37.1 Å². The minimum atomic E-state index is -1.07. The van der Waals surface area contributed by atoms with Gasteiger partial charge in [0.1, 0.15) is 24.1 Å². The van der Waals surface area contributed by atoms with Crippen LogP contribution in [0.25, 0.3) is 11.8 Å². The second-order valence-corrected chi connectivity index (χ2v) is 9.13. The molecule has 212 valence electrons. The molecule has 0 fully saturated rings. The molecule has 0 radical (unpaired) electrons. The molecule has 0 saturated heterocycles. The number of hydrogen-bond donors (Lipinski definition) is 1. The van der Waals surface area contributed by atoms with Gasteiger partial charge in [-0.1, -0.05) is 25.5 Å². The molecule has 0 saturated carbocycles. The average Bonchev–Trinajstić information content (AvgIpc) is 3.59. The number of aliphatic carboxylic acids is 1. The fourth-order valence-electron chi connectivity index (χ4n) is 4.24. The third-order valence-electron chi connectivity index (χ3n) is 6.25. The summed E-state index contributed by atoms with van der Waals surface area (Å²) in [5.74, 6) is 1.83. The van der Waals surface area contributed by atoms with Crippen molar-refractivity contribution in [1.82, 2.24) is 14.5 Å². The summed E-state index contributed by atoms with van der Waals surface area (Å²) in [4.78, 5) is 29.2. The lowest BCUT2D eigenvalue weighted by Crippen LogP contribution is -2.21. The Labute approximate surface area is 232 Å². The maximum atomic E-state index is 12.4. The topological polar surface area (TPSA) is 122 Å². The summed E-state index contributed by atoms with van der Waals surface area (Å²) in [6, 6.07) is 10.8. The second-order valence-electron chi connectivity index (χ2n) is 9.13. The Morgan fingerprint density at radius 3 is 2.70 bits per heavy atom. The number of fused-ring (bicyclic) bond motifs is 1. The predicted molar refractivity (Wildman–Crippen MR) is 146 cm³/mol. The van der Waals surface area contributed by atoms with Crippen LogP contribution in [0.5, 0.6) is 23.0 Å². The van der Waals surface area contributed by atoms with E-state index in [9.17, 15) is 14.7 Å². The third kappa shape index (κ3) is 6.73. The van der Waals surface area contributed by atoms with E-state index in [1.807, 2.05) is 22.8 Å². The quantitative estimate of drug-likeness (QED) is 0.129. The maximum absolute atomic E-state index is 12.4. The zero-order valence-corrected chi connectivity index (χ0v) is 22.8. The molecule has 1 aliphatic heterocycles. The molecule has 1 aromatic heterocycles. The number of aryl methyl sites for hydroxylation is 1. The van der Waals surface area contributed by atoms with E-state index in [4.69, 9.17) is 23.7 Å². The summed E-state index contributed by atoms with van der Waals surface area (Å²) in [5.41, 5.74) is 2.06. The van der Waals surface area contributed by atoms with Crippen LogP contribution in [0.4, 0.5) is 0 Å². The number of ether oxygens (including phenoxy) is 5. The number of carboxylic acids is 1. The molecule has 3 aromatic rings. The molecule has 0 bridgehead atoms. The number of carbonyl (C=O) groups is 2. The van der Waals surface area contributed by atoms with E-state index in [0.29, 0.717) is 52.8 Å². The lowest BCUT2D eigenvalue weighted by atomic mass is 10.0. The van der Waals surface area contributed by atoms with Crippen molar-refractivity contribution in [3.05, 3.63) is 65.2 Å². The number of methoxy groups -OCH3 is 1. The Hall–Kier alpha value is -4.51. The summed E-state index contributed by atoms with van der Waals surface area (Å²) in [7, 11) is 3.13. The molecule has 0 unspecified atom stereocenters. The van der Waals surface area contributed by atoms with Crippen molar-refractivity contribution < 1.29 is 38.4 Å². The number of imidazole rings is 1. The van der Waals surface area contributed by atoms with Crippen molar-refractivity contribution in [2.45, 2.75) is 32.6 Å². The molecule has 4 rings (SSSR count). The number of rotatable bonds is 15. The van der Waals surface area contributed by atoms with Gasteiger partial charge >= 0.3 is 5.97 Å². The number of carbonyl (C=O) groups excluding carboxylic acids is 1. The summed E-state index contributed by atoms with van der Waals surface area (Å²) in [5, 5.41) is 10.2. The summed E-state index contributed by atoms with van der Waals surface area (Å²) < 4.78 is 29.6. The lowest BCUT2D eigenvalue weighted by Gasteiger charge is -2.17. The Balaban J connectivity index is 1.70. The van der Waals surface area contributed by atoms with Crippen LogP contribution in [0, 0.1) is 0 Å². The molecule has 0 spiro atoms. The van der Waals surface area contributed by atoms with E-state index in [0.717, 1.165) is 18.7 Å². The number of nitrogens with zero attached hydrogens (tertiary/aromatic N) is 3. The van der Waals surface area contributed by atoms with Crippen LogP contribution in [0.2, 0.25) is 0 Å². The largest absolute Gasteiger partial charge is 0.496 e. The molecule has 40 heavy (non-hydrogen) atoms. The molecule has 1 aliphatic rings. The SMILES string of the molecule is CCCCc1ncc(C=C(Cc2cc3c(cc2OC)OCO3)C(=O)O)n1-c1ccccc1OCOCN(C)C=O. The van der Waals surface area contributed by atoms with Crippen LogP contribution >= 0.6 is 0 Å². The Kier molecular flexibility index (Phi) is 9.63. The van der Waals surface area contributed by atoms with Crippen molar-refractivity contribution in [3.63, 3.8) is 0 Å². The number of para-hydroxylation sites is 2. The fraction of sp³-hybridized carbons (Fsp3) is 0.345. The first-order valence-electron chi connectivity index (χ1n) is 12.9. The highest BCUT2D eigenvalue weighted by atomic mass is 16.7. The highest BCUT2D eigenvalue weighted by Crippen LogP contribution is 2.39. The summed E-state index contributed by atoms with van der Waals surface area (Å²) in [6.45, 7) is 2.20. The first kappa shape index (κ1) is 28.5. The van der Waals surface area contributed by atoms with Gasteiger partial charge in [-0.2, -0.15) is 0 Å². The van der Waals surface area contributed by atoms with Crippen LogP contribution < -0.4 is 18.9 Å². The molecular weight excluding hydrogens is 518 g/mol. The average molecular weight is 552 g/mol. The van der Waals surface area contributed by atoms with Crippen molar-refractivity contribution in [1.29, 1.82) is 0 Å². The number of benzene rings is 2. The van der Waals surface area contributed by atoms with Gasteiger partial charge in [0.25, 0.3) is 0 Å². The molecule has 0 aliphatic carbocycles. The Morgan fingerprint density at radius 1 is 1.20 bits per heavy atom. The van der Waals surface area contributed by atoms with Gasteiger partial charge in [-0.15, -0.1) is 0 Å². The molecule has 1 N–H and O–H groups in total. The van der Waals surface area contributed by atoms with E-state index in [1.165, 1.54) is 12.0 Å².